The molecule has 0 radical (unpaired) electrons. The lowest BCUT2D eigenvalue weighted by molar-refractivity contribution is -0.385. The highest BCUT2D eigenvalue weighted by atomic mass is 16.6. The van der Waals surface area contributed by atoms with Crippen molar-refractivity contribution in [2.75, 3.05) is 18.0 Å². The predicted octanol–water partition coefficient (Wildman–Crippen LogP) is 1.79. The zero-order chi connectivity index (χ0) is 15.4. The summed E-state index contributed by atoms with van der Waals surface area (Å²) in [4.78, 5) is 28.1. The number of pyridine rings is 1. The number of nitro groups is 1. The highest BCUT2D eigenvalue weighted by Crippen LogP contribution is 2.24. The number of rotatable bonds is 4. The third-order valence-electron chi connectivity index (χ3n) is 3.65. The smallest absolute Gasteiger partial charge is 0.287 e. The monoisotopic (exact) mass is 292 g/mol. The van der Waals surface area contributed by atoms with Crippen molar-refractivity contribution < 1.29 is 9.72 Å². The maximum Gasteiger partial charge on any atom is 0.287 e. The first kappa shape index (κ1) is 15.2. The maximum absolute atomic E-state index is 11.5. The molecule has 1 aromatic heterocycles. The second-order valence-electron chi connectivity index (χ2n) is 5.30. The molecule has 1 unspecified atom stereocenters. The number of anilines is 1. The molecule has 0 spiro atoms. The number of hydrogen-bond acceptors (Lipinski definition) is 5. The summed E-state index contributed by atoms with van der Waals surface area (Å²) in [6, 6.07) is 1.65. The maximum atomic E-state index is 11.5. The van der Waals surface area contributed by atoms with E-state index in [2.05, 4.69) is 15.2 Å². The Hall–Kier alpha value is -2.18. The molecule has 114 valence electrons. The summed E-state index contributed by atoms with van der Waals surface area (Å²) >= 11 is 0. The molecule has 1 atom stereocenters. The summed E-state index contributed by atoms with van der Waals surface area (Å²) in [7, 11) is 0. The molecule has 1 aliphatic heterocycles. The Morgan fingerprint density at radius 2 is 2.38 bits per heavy atom. The molecule has 7 nitrogen and oxygen atoms in total. The van der Waals surface area contributed by atoms with Gasteiger partial charge in [0, 0.05) is 31.6 Å². The molecular formula is C14H20N4O3. The van der Waals surface area contributed by atoms with Crippen LogP contribution < -0.4 is 10.2 Å². The molecule has 7 heteroatoms. The summed E-state index contributed by atoms with van der Waals surface area (Å²) in [5, 5.41) is 13.8. The SMILES string of the molecule is CCC(=O)NC1CCCN(c2ncc([N+](=O)[O-])cc2C)C1. The third kappa shape index (κ3) is 3.68. The molecule has 21 heavy (non-hydrogen) atoms. The summed E-state index contributed by atoms with van der Waals surface area (Å²) in [6.45, 7) is 5.20. The Labute approximate surface area is 123 Å². The second-order valence-corrected chi connectivity index (χ2v) is 5.30. The van der Waals surface area contributed by atoms with E-state index in [1.807, 2.05) is 13.8 Å². The number of nitrogens with one attached hydrogen (secondary N) is 1. The highest BCUT2D eigenvalue weighted by Gasteiger charge is 2.23. The summed E-state index contributed by atoms with van der Waals surface area (Å²) in [6.07, 6.45) is 3.68. The van der Waals surface area contributed by atoms with Crippen LogP contribution in [0.5, 0.6) is 0 Å². The van der Waals surface area contributed by atoms with E-state index < -0.39 is 4.92 Å². The summed E-state index contributed by atoms with van der Waals surface area (Å²) in [5.41, 5.74) is 0.788. The van der Waals surface area contributed by atoms with E-state index in [-0.39, 0.29) is 17.6 Å². The molecule has 0 aromatic carbocycles. The van der Waals surface area contributed by atoms with E-state index >= 15 is 0 Å². The number of aryl methyl sites for hydroxylation is 1. The molecule has 1 fully saturated rings. The Balaban J connectivity index is 2.10. The Kier molecular flexibility index (Phi) is 4.72. The zero-order valence-electron chi connectivity index (χ0n) is 12.3. The van der Waals surface area contributed by atoms with Crippen LogP contribution in [-0.2, 0) is 4.79 Å². The summed E-state index contributed by atoms with van der Waals surface area (Å²) in [5.74, 6) is 0.811. The molecular weight excluding hydrogens is 272 g/mol. The second kappa shape index (κ2) is 6.51. The van der Waals surface area contributed by atoms with Gasteiger partial charge in [0.15, 0.2) is 0 Å². The molecule has 2 heterocycles. The number of piperidine rings is 1. The van der Waals surface area contributed by atoms with Crippen molar-refractivity contribution >= 4 is 17.4 Å². The van der Waals surface area contributed by atoms with Gasteiger partial charge in [0.05, 0.1) is 4.92 Å². The van der Waals surface area contributed by atoms with Gasteiger partial charge in [-0.2, -0.15) is 0 Å². The van der Waals surface area contributed by atoms with Crippen molar-refractivity contribution in [2.24, 2.45) is 0 Å². The molecule has 1 aromatic rings. The quantitative estimate of drug-likeness (QED) is 0.675. The van der Waals surface area contributed by atoms with Gasteiger partial charge in [-0.3, -0.25) is 14.9 Å². The molecule has 1 aliphatic rings. The average Bonchev–Trinajstić information content (AvgIpc) is 2.47. The summed E-state index contributed by atoms with van der Waals surface area (Å²) < 4.78 is 0. The first-order valence-corrected chi connectivity index (χ1v) is 7.16. The number of carbonyl (C=O) groups excluding carboxylic acids is 1. The zero-order valence-corrected chi connectivity index (χ0v) is 12.3. The van der Waals surface area contributed by atoms with E-state index in [1.54, 1.807) is 0 Å². The topological polar surface area (TPSA) is 88.4 Å². The molecule has 1 saturated heterocycles. The molecule has 1 N–H and O–H groups in total. The Morgan fingerprint density at radius 3 is 3.00 bits per heavy atom. The van der Waals surface area contributed by atoms with E-state index in [4.69, 9.17) is 0 Å². The van der Waals surface area contributed by atoms with Crippen molar-refractivity contribution in [3.05, 3.63) is 27.9 Å². The van der Waals surface area contributed by atoms with Gasteiger partial charge < -0.3 is 10.2 Å². The minimum absolute atomic E-state index is 0.00379. The van der Waals surface area contributed by atoms with Crippen LogP contribution in [-0.4, -0.2) is 34.9 Å². The number of carbonyl (C=O) groups is 1. The van der Waals surface area contributed by atoms with Gasteiger partial charge in [0.2, 0.25) is 5.91 Å². The minimum Gasteiger partial charge on any atom is -0.354 e. The van der Waals surface area contributed by atoms with Crippen LogP contribution in [0, 0.1) is 17.0 Å². The third-order valence-corrected chi connectivity index (χ3v) is 3.65. The Bertz CT molecular complexity index is 547. The van der Waals surface area contributed by atoms with Gasteiger partial charge in [0.1, 0.15) is 12.0 Å². The van der Waals surface area contributed by atoms with Crippen LogP contribution in [0.1, 0.15) is 31.7 Å². The predicted molar refractivity (Wildman–Crippen MR) is 79.3 cm³/mol. The number of nitrogens with zero attached hydrogens (tertiary/aromatic N) is 3. The van der Waals surface area contributed by atoms with Crippen LogP contribution in [0.4, 0.5) is 11.5 Å². The van der Waals surface area contributed by atoms with Crippen LogP contribution in [0.3, 0.4) is 0 Å². The lowest BCUT2D eigenvalue weighted by Crippen LogP contribution is -2.48. The first-order valence-electron chi connectivity index (χ1n) is 7.16. The standard InChI is InChI=1S/C14H20N4O3/c1-3-13(19)16-11-5-4-6-17(9-11)14-10(2)7-12(8-15-14)18(20)21/h7-8,11H,3-6,9H2,1-2H3,(H,16,19). The van der Waals surface area contributed by atoms with Gasteiger partial charge in [0.25, 0.3) is 5.69 Å². The van der Waals surface area contributed by atoms with Crippen LogP contribution in [0.2, 0.25) is 0 Å². The lowest BCUT2D eigenvalue weighted by atomic mass is 10.0. The van der Waals surface area contributed by atoms with Gasteiger partial charge in [-0.05, 0) is 25.3 Å². The van der Waals surface area contributed by atoms with Gasteiger partial charge in [-0.1, -0.05) is 6.92 Å². The van der Waals surface area contributed by atoms with Gasteiger partial charge >= 0.3 is 0 Å². The minimum atomic E-state index is -0.440. The fourth-order valence-electron chi connectivity index (χ4n) is 2.60. The van der Waals surface area contributed by atoms with Crippen molar-refractivity contribution in [1.82, 2.24) is 10.3 Å². The molecule has 1 amide bonds. The molecule has 0 aliphatic carbocycles. The van der Waals surface area contributed by atoms with Crippen LogP contribution in [0.25, 0.3) is 0 Å². The molecule has 0 bridgehead atoms. The average molecular weight is 292 g/mol. The van der Waals surface area contributed by atoms with Crippen LogP contribution >= 0.6 is 0 Å². The van der Waals surface area contributed by atoms with E-state index in [9.17, 15) is 14.9 Å². The fourth-order valence-corrected chi connectivity index (χ4v) is 2.60. The van der Waals surface area contributed by atoms with Crippen LogP contribution in [0.15, 0.2) is 12.3 Å². The van der Waals surface area contributed by atoms with Crippen molar-refractivity contribution in [2.45, 2.75) is 39.2 Å². The highest BCUT2D eigenvalue weighted by molar-refractivity contribution is 5.76. The number of aromatic nitrogens is 1. The first-order chi connectivity index (χ1) is 10.0. The lowest BCUT2D eigenvalue weighted by Gasteiger charge is -2.34. The van der Waals surface area contributed by atoms with Crippen molar-refractivity contribution in [1.29, 1.82) is 0 Å². The fraction of sp³-hybridized carbons (Fsp3) is 0.571. The van der Waals surface area contributed by atoms with E-state index in [0.29, 0.717) is 13.0 Å². The van der Waals surface area contributed by atoms with E-state index in [0.717, 1.165) is 30.8 Å². The van der Waals surface area contributed by atoms with E-state index in [1.165, 1.54) is 12.3 Å². The van der Waals surface area contributed by atoms with Gasteiger partial charge in [-0.25, -0.2) is 4.98 Å². The molecule has 2 rings (SSSR count). The largest absolute Gasteiger partial charge is 0.354 e. The molecule has 0 saturated carbocycles. The normalized spacial score (nSPS) is 18.4. The Morgan fingerprint density at radius 1 is 1.62 bits per heavy atom. The number of hydrogen-bond donors (Lipinski definition) is 1. The van der Waals surface area contributed by atoms with Gasteiger partial charge in [-0.15, -0.1) is 0 Å². The van der Waals surface area contributed by atoms with Crippen molar-refractivity contribution in [3.8, 4) is 0 Å². The number of amides is 1. The van der Waals surface area contributed by atoms with Crippen molar-refractivity contribution in [3.63, 3.8) is 0 Å².